The molecule has 0 aliphatic carbocycles. The zero-order chi connectivity index (χ0) is 14.8. The molecule has 0 saturated heterocycles. The molecule has 0 aliphatic heterocycles. The molecule has 2 atom stereocenters. The van der Waals surface area contributed by atoms with Crippen LogP contribution in [0.3, 0.4) is 0 Å². The highest BCUT2D eigenvalue weighted by molar-refractivity contribution is 5.81. The van der Waals surface area contributed by atoms with E-state index >= 15 is 0 Å². The Hall–Kier alpha value is -1.63. The van der Waals surface area contributed by atoms with Gasteiger partial charge in [0, 0.05) is 6.42 Å². The first-order valence-electron chi connectivity index (χ1n) is 6.00. The van der Waals surface area contributed by atoms with Crippen molar-refractivity contribution in [3.63, 3.8) is 0 Å². The van der Waals surface area contributed by atoms with E-state index in [9.17, 15) is 14.4 Å². The van der Waals surface area contributed by atoms with Gasteiger partial charge in [-0.15, -0.1) is 0 Å². The van der Waals surface area contributed by atoms with E-state index < -0.39 is 18.0 Å². The topological polar surface area (TPSA) is 102 Å². The molecule has 7 heteroatoms. The summed E-state index contributed by atoms with van der Waals surface area (Å²) in [7, 11) is 2.53. The molecule has 2 N–H and O–H groups in total. The van der Waals surface area contributed by atoms with Crippen molar-refractivity contribution in [3.05, 3.63) is 0 Å². The quantitative estimate of drug-likeness (QED) is 0.579. The van der Waals surface area contributed by atoms with Crippen LogP contribution in [0.25, 0.3) is 0 Å². The van der Waals surface area contributed by atoms with E-state index in [1.165, 1.54) is 14.2 Å². The van der Waals surface area contributed by atoms with Gasteiger partial charge in [0.15, 0.2) is 0 Å². The Morgan fingerprint density at radius 3 is 2.26 bits per heavy atom. The Morgan fingerprint density at radius 1 is 1.16 bits per heavy atom. The molecule has 7 nitrogen and oxygen atoms in total. The number of carbonyl (C=O) groups is 3. The lowest BCUT2D eigenvalue weighted by molar-refractivity contribution is -0.148. The molecule has 0 amide bonds. The maximum absolute atomic E-state index is 11.3. The molecular weight excluding hydrogens is 254 g/mol. The molecule has 0 heterocycles. The molecule has 0 aliphatic rings. The van der Waals surface area contributed by atoms with Crippen LogP contribution in [0, 0.1) is 5.92 Å². The maximum atomic E-state index is 11.3. The second kappa shape index (κ2) is 9.32. The van der Waals surface area contributed by atoms with Gasteiger partial charge in [0.25, 0.3) is 0 Å². The molecule has 110 valence electrons. The van der Waals surface area contributed by atoms with E-state index in [1.807, 2.05) is 6.92 Å². The number of nitrogens with one attached hydrogen (secondary N) is 1. The summed E-state index contributed by atoms with van der Waals surface area (Å²) in [6.07, 6.45) is 0.584. The van der Waals surface area contributed by atoms with Crippen LogP contribution in [0.2, 0.25) is 0 Å². The van der Waals surface area contributed by atoms with Crippen LogP contribution in [-0.2, 0) is 23.9 Å². The predicted molar refractivity (Wildman–Crippen MR) is 66.5 cm³/mol. The van der Waals surface area contributed by atoms with Gasteiger partial charge in [-0.1, -0.05) is 6.92 Å². The number of carboxylic acids is 1. The van der Waals surface area contributed by atoms with Gasteiger partial charge in [-0.25, -0.2) is 0 Å². The fourth-order valence-electron chi connectivity index (χ4n) is 1.53. The normalized spacial score (nSPS) is 13.4. The highest BCUT2D eigenvalue weighted by Gasteiger charge is 2.22. The molecule has 0 aromatic heterocycles. The Morgan fingerprint density at radius 2 is 1.79 bits per heavy atom. The van der Waals surface area contributed by atoms with Gasteiger partial charge in [0.05, 0.1) is 20.6 Å². The van der Waals surface area contributed by atoms with Crippen molar-refractivity contribution in [2.45, 2.75) is 32.2 Å². The lowest BCUT2D eigenvalue weighted by Gasteiger charge is -2.16. The van der Waals surface area contributed by atoms with Gasteiger partial charge in [0.2, 0.25) is 0 Å². The number of hydrogen-bond acceptors (Lipinski definition) is 6. The number of hydrogen-bond donors (Lipinski definition) is 2. The van der Waals surface area contributed by atoms with Crippen molar-refractivity contribution in [1.82, 2.24) is 5.32 Å². The Balaban J connectivity index is 4.07. The van der Waals surface area contributed by atoms with E-state index in [0.717, 1.165) is 0 Å². The summed E-state index contributed by atoms with van der Waals surface area (Å²) in [4.78, 5) is 33.0. The Bertz CT molecular complexity index is 317. The lowest BCUT2D eigenvalue weighted by atomic mass is 10.0. The van der Waals surface area contributed by atoms with Gasteiger partial charge in [0.1, 0.15) is 6.04 Å². The van der Waals surface area contributed by atoms with Crippen LogP contribution in [0.4, 0.5) is 0 Å². The summed E-state index contributed by atoms with van der Waals surface area (Å²) in [5, 5.41) is 11.5. The van der Waals surface area contributed by atoms with Crippen LogP contribution in [-0.4, -0.2) is 49.8 Å². The summed E-state index contributed by atoms with van der Waals surface area (Å²) in [6, 6.07) is -0.868. The maximum Gasteiger partial charge on any atom is 0.323 e. The van der Waals surface area contributed by atoms with Crippen LogP contribution < -0.4 is 5.32 Å². The summed E-state index contributed by atoms with van der Waals surface area (Å²) < 4.78 is 9.06. The van der Waals surface area contributed by atoms with E-state index in [0.29, 0.717) is 19.4 Å². The van der Waals surface area contributed by atoms with Crippen molar-refractivity contribution >= 4 is 17.9 Å². The molecule has 0 fully saturated rings. The van der Waals surface area contributed by atoms with Crippen molar-refractivity contribution in [3.8, 4) is 0 Å². The molecule has 0 spiro atoms. The van der Waals surface area contributed by atoms with Gasteiger partial charge >= 0.3 is 17.9 Å². The first-order valence-corrected chi connectivity index (χ1v) is 6.00. The minimum atomic E-state index is -1.08. The highest BCUT2D eigenvalue weighted by Crippen LogP contribution is 2.08. The minimum absolute atomic E-state index is 0.0862. The number of rotatable bonds is 9. The standard InChI is InChI=1S/C12H21NO6/c1-8(6-11(16)18-2)4-5-13-9(7-10(14)15)12(17)19-3/h8-9,13H,4-7H2,1-3H3,(H,14,15). The smallest absolute Gasteiger partial charge is 0.323 e. The fourth-order valence-corrected chi connectivity index (χ4v) is 1.53. The van der Waals surface area contributed by atoms with Crippen LogP contribution >= 0.6 is 0 Å². The van der Waals surface area contributed by atoms with E-state index in [4.69, 9.17) is 5.11 Å². The molecule has 0 saturated carbocycles. The number of esters is 2. The van der Waals surface area contributed by atoms with Crippen molar-refractivity contribution in [2.75, 3.05) is 20.8 Å². The van der Waals surface area contributed by atoms with Crippen LogP contribution in [0.1, 0.15) is 26.2 Å². The van der Waals surface area contributed by atoms with E-state index in [2.05, 4.69) is 14.8 Å². The number of ether oxygens (including phenoxy) is 2. The number of carboxylic acid groups (broad SMARTS) is 1. The zero-order valence-electron chi connectivity index (χ0n) is 11.5. The third kappa shape index (κ3) is 8.15. The molecule has 0 radical (unpaired) electrons. The van der Waals surface area contributed by atoms with Gasteiger partial charge in [-0.3, -0.25) is 14.4 Å². The van der Waals surface area contributed by atoms with Crippen molar-refractivity contribution < 1.29 is 29.0 Å². The molecule has 19 heavy (non-hydrogen) atoms. The average molecular weight is 275 g/mol. The van der Waals surface area contributed by atoms with Crippen LogP contribution in [0.5, 0.6) is 0 Å². The second-order valence-electron chi connectivity index (χ2n) is 4.30. The summed E-state index contributed by atoms with van der Waals surface area (Å²) in [5.41, 5.74) is 0. The fraction of sp³-hybridized carbons (Fsp3) is 0.750. The number of carbonyl (C=O) groups excluding carboxylic acids is 2. The van der Waals surface area contributed by atoms with Gasteiger partial charge in [-0.05, 0) is 18.9 Å². The first-order chi connectivity index (χ1) is 8.90. The largest absolute Gasteiger partial charge is 0.481 e. The van der Waals surface area contributed by atoms with E-state index in [-0.39, 0.29) is 18.3 Å². The van der Waals surface area contributed by atoms with Crippen LogP contribution in [0.15, 0.2) is 0 Å². The minimum Gasteiger partial charge on any atom is -0.481 e. The lowest BCUT2D eigenvalue weighted by Crippen LogP contribution is -2.40. The SMILES string of the molecule is COC(=O)CC(C)CCNC(CC(=O)O)C(=O)OC. The zero-order valence-corrected chi connectivity index (χ0v) is 11.5. The number of aliphatic carboxylic acids is 1. The first kappa shape index (κ1) is 17.4. The number of methoxy groups -OCH3 is 2. The molecule has 2 unspecified atom stereocenters. The summed E-state index contributed by atoms with van der Waals surface area (Å²) in [5.74, 6) is -1.89. The van der Waals surface area contributed by atoms with Gasteiger partial charge in [-0.2, -0.15) is 0 Å². The molecule has 0 aromatic rings. The monoisotopic (exact) mass is 275 g/mol. The van der Waals surface area contributed by atoms with Gasteiger partial charge < -0.3 is 19.9 Å². The molecular formula is C12H21NO6. The highest BCUT2D eigenvalue weighted by atomic mass is 16.5. The van der Waals surface area contributed by atoms with E-state index in [1.54, 1.807) is 0 Å². The summed E-state index contributed by atoms with van der Waals surface area (Å²) >= 11 is 0. The molecule has 0 rings (SSSR count). The molecule has 0 aromatic carbocycles. The average Bonchev–Trinajstić information content (AvgIpc) is 2.35. The Kier molecular flexibility index (Phi) is 8.52. The molecule has 0 bridgehead atoms. The van der Waals surface area contributed by atoms with Crippen molar-refractivity contribution in [1.29, 1.82) is 0 Å². The Labute approximate surface area is 112 Å². The predicted octanol–water partition coefficient (Wildman–Crippen LogP) is 0.182. The second-order valence-corrected chi connectivity index (χ2v) is 4.30. The van der Waals surface area contributed by atoms with Crippen molar-refractivity contribution in [2.24, 2.45) is 5.92 Å². The summed E-state index contributed by atoms with van der Waals surface area (Å²) in [6.45, 7) is 2.30. The third-order valence-electron chi connectivity index (χ3n) is 2.64. The third-order valence-corrected chi connectivity index (χ3v) is 2.64.